The molecule has 3 rings (SSSR count). The van der Waals surface area contributed by atoms with Crippen molar-refractivity contribution in [2.45, 2.75) is 6.54 Å². The van der Waals surface area contributed by atoms with E-state index in [1.165, 1.54) is 12.5 Å². The molecule has 0 saturated carbocycles. The highest BCUT2D eigenvalue weighted by molar-refractivity contribution is 9.10. The minimum absolute atomic E-state index is 0.110. The predicted octanol–water partition coefficient (Wildman–Crippen LogP) is 1.52. The zero-order valence-corrected chi connectivity index (χ0v) is 12.3. The molecule has 0 unspecified atom stereocenters. The van der Waals surface area contributed by atoms with Gasteiger partial charge in [0.05, 0.1) is 12.7 Å². The van der Waals surface area contributed by atoms with Crippen LogP contribution in [0.4, 0.5) is 5.69 Å². The summed E-state index contributed by atoms with van der Waals surface area (Å²) in [4.78, 5) is 16.6. The minimum Gasteiger partial charge on any atom is -0.399 e. The van der Waals surface area contributed by atoms with Crippen LogP contribution in [0.1, 0.15) is 5.56 Å². The molecule has 0 spiro atoms. The Kier molecular flexibility index (Phi) is 3.06. The first-order valence-electron chi connectivity index (χ1n) is 5.96. The normalized spacial score (nSPS) is 11.1. The third-order valence-electron chi connectivity index (χ3n) is 3.05. The van der Waals surface area contributed by atoms with Gasteiger partial charge in [-0.1, -0.05) is 15.9 Å². The number of aryl methyl sites for hydroxylation is 1. The van der Waals surface area contributed by atoms with E-state index in [1.54, 1.807) is 16.3 Å². The first-order valence-corrected chi connectivity index (χ1v) is 6.76. The smallest absolute Gasteiger partial charge is 0.264 e. The molecule has 1 aromatic carbocycles. The highest BCUT2D eigenvalue weighted by atomic mass is 79.9. The zero-order valence-electron chi connectivity index (χ0n) is 10.7. The van der Waals surface area contributed by atoms with Gasteiger partial charge in [-0.15, -0.1) is 0 Å². The van der Waals surface area contributed by atoms with E-state index in [2.05, 4.69) is 26.0 Å². The maximum Gasteiger partial charge on any atom is 0.264 e. The van der Waals surface area contributed by atoms with E-state index in [-0.39, 0.29) is 5.56 Å². The van der Waals surface area contributed by atoms with Crippen LogP contribution in [0.5, 0.6) is 0 Å². The second kappa shape index (κ2) is 4.75. The lowest BCUT2D eigenvalue weighted by atomic mass is 10.2. The summed E-state index contributed by atoms with van der Waals surface area (Å²) in [5, 5.41) is 4.56. The summed E-state index contributed by atoms with van der Waals surface area (Å²) in [5.74, 6) is 0. The third-order valence-corrected chi connectivity index (χ3v) is 3.51. The van der Waals surface area contributed by atoms with E-state index in [0.29, 0.717) is 23.3 Å². The van der Waals surface area contributed by atoms with E-state index in [4.69, 9.17) is 5.73 Å². The standard InChI is InChI=1S/C13H12BrN5O/c1-18-12-11(5-17-18)13(20)19(7-16-12)6-8-2-9(14)4-10(15)3-8/h2-5,7H,6,15H2,1H3. The van der Waals surface area contributed by atoms with Gasteiger partial charge in [-0.2, -0.15) is 5.10 Å². The second-order valence-electron chi connectivity index (χ2n) is 4.58. The molecule has 3 aromatic rings. The van der Waals surface area contributed by atoms with Gasteiger partial charge in [0.1, 0.15) is 11.7 Å². The first kappa shape index (κ1) is 12.9. The van der Waals surface area contributed by atoms with E-state index >= 15 is 0 Å². The van der Waals surface area contributed by atoms with Gasteiger partial charge in [-0.25, -0.2) is 4.98 Å². The quantitative estimate of drug-likeness (QED) is 0.721. The molecule has 2 N–H and O–H groups in total. The average Bonchev–Trinajstić information content (AvgIpc) is 2.74. The lowest BCUT2D eigenvalue weighted by Gasteiger charge is -2.07. The molecular weight excluding hydrogens is 322 g/mol. The molecule has 6 nitrogen and oxygen atoms in total. The van der Waals surface area contributed by atoms with Crippen molar-refractivity contribution in [3.8, 4) is 0 Å². The van der Waals surface area contributed by atoms with Crippen LogP contribution >= 0.6 is 15.9 Å². The summed E-state index contributed by atoms with van der Waals surface area (Å²) >= 11 is 3.39. The lowest BCUT2D eigenvalue weighted by molar-refractivity contribution is 0.737. The SMILES string of the molecule is Cn1ncc2c(=O)n(Cc3cc(N)cc(Br)c3)cnc21. The molecule has 7 heteroatoms. The van der Waals surface area contributed by atoms with E-state index in [0.717, 1.165) is 10.0 Å². The van der Waals surface area contributed by atoms with Crippen LogP contribution in [0.15, 0.2) is 40.0 Å². The van der Waals surface area contributed by atoms with Gasteiger partial charge < -0.3 is 5.73 Å². The number of nitrogens with two attached hydrogens (primary N) is 1. The Morgan fingerprint density at radius 1 is 1.35 bits per heavy atom. The van der Waals surface area contributed by atoms with Gasteiger partial charge in [0, 0.05) is 17.2 Å². The molecular formula is C13H12BrN5O. The Balaban J connectivity index is 2.06. The van der Waals surface area contributed by atoms with Gasteiger partial charge in [-0.3, -0.25) is 14.0 Å². The third kappa shape index (κ3) is 2.20. The zero-order chi connectivity index (χ0) is 14.3. The first-order chi connectivity index (χ1) is 9.54. The highest BCUT2D eigenvalue weighted by Crippen LogP contribution is 2.17. The Morgan fingerprint density at radius 2 is 2.15 bits per heavy atom. The topological polar surface area (TPSA) is 78.7 Å². The number of nitrogen functional groups attached to an aromatic ring is 1. The van der Waals surface area contributed by atoms with Crippen LogP contribution in [0.25, 0.3) is 11.0 Å². The summed E-state index contributed by atoms with van der Waals surface area (Å²) in [6.07, 6.45) is 3.07. The summed E-state index contributed by atoms with van der Waals surface area (Å²) in [5.41, 5.74) is 7.86. The molecule has 2 aromatic heterocycles. The van der Waals surface area contributed by atoms with Crippen molar-refractivity contribution in [2.24, 2.45) is 7.05 Å². The van der Waals surface area contributed by atoms with Crippen LogP contribution in [0.2, 0.25) is 0 Å². The van der Waals surface area contributed by atoms with Crippen LogP contribution in [0, 0.1) is 0 Å². The summed E-state index contributed by atoms with van der Waals surface area (Å²) < 4.78 is 4.01. The van der Waals surface area contributed by atoms with Crippen molar-refractivity contribution in [2.75, 3.05) is 5.73 Å². The average molecular weight is 334 g/mol. The molecule has 0 aliphatic rings. The highest BCUT2D eigenvalue weighted by Gasteiger charge is 2.08. The van der Waals surface area contributed by atoms with Crippen LogP contribution < -0.4 is 11.3 Å². The second-order valence-corrected chi connectivity index (χ2v) is 5.49. The van der Waals surface area contributed by atoms with E-state index < -0.39 is 0 Å². The van der Waals surface area contributed by atoms with Crippen LogP contribution in [-0.4, -0.2) is 19.3 Å². The fraction of sp³-hybridized carbons (Fsp3) is 0.154. The Hall–Kier alpha value is -2.15. The number of benzene rings is 1. The number of nitrogens with zero attached hydrogens (tertiary/aromatic N) is 4. The van der Waals surface area contributed by atoms with Crippen molar-refractivity contribution >= 4 is 32.7 Å². The lowest BCUT2D eigenvalue weighted by Crippen LogP contribution is -2.21. The molecule has 0 bridgehead atoms. The molecule has 0 atom stereocenters. The van der Waals surface area contributed by atoms with E-state index in [9.17, 15) is 4.79 Å². The van der Waals surface area contributed by atoms with Gasteiger partial charge in [0.25, 0.3) is 5.56 Å². The Bertz CT molecular complexity index is 831. The summed E-state index contributed by atoms with van der Waals surface area (Å²) in [7, 11) is 1.76. The van der Waals surface area contributed by atoms with Gasteiger partial charge >= 0.3 is 0 Å². The van der Waals surface area contributed by atoms with Gasteiger partial charge in [0.2, 0.25) is 0 Å². The number of rotatable bonds is 2. The molecule has 0 radical (unpaired) electrons. The molecule has 20 heavy (non-hydrogen) atoms. The van der Waals surface area contributed by atoms with Crippen molar-refractivity contribution in [1.29, 1.82) is 0 Å². The van der Waals surface area contributed by atoms with Crippen molar-refractivity contribution in [1.82, 2.24) is 19.3 Å². The van der Waals surface area contributed by atoms with Crippen LogP contribution in [-0.2, 0) is 13.6 Å². The molecule has 0 fully saturated rings. The number of halogens is 1. The fourth-order valence-electron chi connectivity index (χ4n) is 2.14. The Morgan fingerprint density at radius 3 is 2.90 bits per heavy atom. The maximum absolute atomic E-state index is 12.3. The molecule has 2 heterocycles. The summed E-state index contributed by atoms with van der Waals surface area (Å²) in [6.45, 7) is 0.417. The van der Waals surface area contributed by atoms with Crippen molar-refractivity contribution in [3.05, 3.63) is 51.1 Å². The number of anilines is 1. The molecule has 0 aliphatic heterocycles. The minimum atomic E-state index is -0.110. The predicted molar refractivity (Wildman–Crippen MR) is 80.4 cm³/mol. The molecule has 0 aliphatic carbocycles. The van der Waals surface area contributed by atoms with Gasteiger partial charge in [0.15, 0.2) is 5.65 Å². The molecule has 0 saturated heterocycles. The van der Waals surface area contributed by atoms with Crippen molar-refractivity contribution < 1.29 is 0 Å². The number of hydrogen-bond acceptors (Lipinski definition) is 4. The number of aromatic nitrogens is 4. The van der Waals surface area contributed by atoms with Gasteiger partial charge in [-0.05, 0) is 23.8 Å². The number of fused-ring (bicyclic) bond motifs is 1. The van der Waals surface area contributed by atoms with Crippen molar-refractivity contribution in [3.63, 3.8) is 0 Å². The fourth-order valence-corrected chi connectivity index (χ4v) is 2.70. The largest absolute Gasteiger partial charge is 0.399 e. The number of hydrogen-bond donors (Lipinski definition) is 1. The summed E-state index contributed by atoms with van der Waals surface area (Å²) in [6, 6.07) is 5.58. The molecule has 0 amide bonds. The Labute approximate surface area is 123 Å². The molecule has 102 valence electrons. The van der Waals surface area contributed by atoms with E-state index in [1.807, 2.05) is 18.2 Å². The van der Waals surface area contributed by atoms with Crippen LogP contribution in [0.3, 0.4) is 0 Å². The monoisotopic (exact) mass is 333 g/mol. The maximum atomic E-state index is 12.3.